The molecule has 0 bridgehead atoms. The van der Waals surface area contributed by atoms with Crippen LogP contribution in [0, 0.1) is 0 Å². The molecule has 2 N–H and O–H groups in total. The van der Waals surface area contributed by atoms with Gasteiger partial charge >= 0.3 is 0 Å². The highest BCUT2D eigenvalue weighted by Crippen LogP contribution is 2.14. The Hall–Kier alpha value is -2.62. The highest BCUT2D eigenvalue weighted by atomic mass is 16.1. The van der Waals surface area contributed by atoms with Gasteiger partial charge in [0.25, 0.3) is 0 Å². The van der Waals surface area contributed by atoms with E-state index < -0.39 is 5.91 Å². The van der Waals surface area contributed by atoms with Crippen molar-refractivity contribution < 1.29 is 9.59 Å². The zero-order valence-corrected chi connectivity index (χ0v) is 10.5. The van der Waals surface area contributed by atoms with Crippen LogP contribution in [0.1, 0.15) is 21.6 Å². The highest BCUT2D eigenvalue weighted by Gasteiger charge is 2.11. The molecule has 1 heterocycles. The minimum absolute atomic E-state index is 0.0464. The van der Waals surface area contributed by atoms with Crippen molar-refractivity contribution in [1.82, 2.24) is 4.57 Å². The number of nitrogens with zero attached hydrogens (tertiary/aromatic N) is 1. The van der Waals surface area contributed by atoms with E-state index in [0.717, 1.165) is 5.69 Å². The van der Waals surface area contributed by atoms with Crippen LogP contribution in [0.3, 0.4) is 0 Å². The standard InChI is InChI=1S/C15H14N2O2/c1-17-10-12(9-13(17)7-8-14(16)18)15(19)11-5-3-2-4-6-11/h2-10H,1H3,(H2,16,18)/b8-7-. The molecule has 0 atom stereocenters. The van der Waals surface area contributed by atoms with Crippen molar-refractivity contribution >= 4 is 17.8 Å². The summed E-state index contributed by atoms with van der Waals surface area (Å²) in [6, 6.07) is 10.8. The lowest BCUT2D eigenvalue weighted by Crippen LogP contribution is -2.05. The van der Waals surface area contributed by atoms with Gasteiger partial charge < -0.3 is 10.3 Å². The van der Waals surface area contributed by atoms with Gasteiger partial charge in [-0.25, -0.2) is 0 Å². The molecule has 0 aliphatic carbocycles. The highest BCUT2D eigenvalue weighted by molar-refractivity contribution is 6.09. The molecule has 4 nitrogen and oxygen atoms in total. The molecule has 0 spiro atoms. The molecule has 0 saturated carbocycles. The van der Waals surface area contributed by atoms with E-state index in [1.165, 1.54) is 6.08 Å². The summed E-state index contributed by atoms with van der Waals surface area (Å²) in [4.78, 5) is 22.9. The van der Waals surface area contributed by atoms with Crippen LogP contribution in [0.2, 0.25) is 0 Å². The molecule has 19 heavy (non-hydrogen) atoms. The number of benzene rings is 1. The molecule has 0 aliphatic heterocycles. The molecule has 96 valence electrons. The number of rotatable bonds is 4. The topological polar surface area (TPSA) is 65.1 Å². The van der Waals surface area contributed by atoms with Gasteiger partial charge in [0.2, 0.25) is 5.91 Å². The van der Waals surface area contributed by atoms with Gasteiger partial charge in [0.1, 0.15) is 0 Å². The second kappa shape index (κ2) is 5.35. The van der Waals surface area contributed by atoms with Crippen molar-refractivity contribution in [3.63, 3.8) is 0 Å². The molecule has 2 rings (SSSR count). The Balaban J connectivity index is 2.30. The maximum Gasteiger partial charge on any atom is 0.241 e. The molecule has 1 amide bonds. The molecule has 4 heteroatoms. The fourth-order valence-corrected chi connectivity index (χ4v) is 1.80. The van der Waals surface area contributed by atoms with Crippen LogP contribution >= 0.6 is 0 Å². The van der Waals surface area contributed by atoms with Gasteiger partial charge in [-0.3, -0.25) is 9.59 Å². The first kappa shape index (κ1) is 12.8. The van der Waals surface area contributed by atoms with Crippen LogP contribution in [-0.4, -0.2) is 16.3 Å². The van der Waals surface area contributed by atoms with Crippen LogP contribution in [0.25, 0.3) is 6.08 Å². The second-order valence-electron chi connectivity index (χ2n) is 4.20. The SMILES string of the molecule is Cn1cc(C(=O)c2ccccc2)cc1/C=C\C(N)=O. The maximum atomic E-state index is 12.2. The Morgan fingerprint density at radius 3 is 2.47 bits per heavy atom. The predicted octanol–water partition coefficient (Wildman–Crippen LogP) is 1.75. The largest absolute Gasteiger partial charge is 0.366 e. The quantitative estimate of drug-likeness (QED) is 0.667. The number of hydrogen-bond donors (Lipinski definition) is 1. The smallest absolute Gasteiger partial charge is 0.241 e. The van der Waals surface area contributed by atoms with Gasteiger partial charge in [0.05, 0.1) is 0 Å². The van der Waals surface area contributed by atoms with Crippen LogP contribution in [0.4, 0.5) is 0 Å². The summed E-state index contributed by atoms with van der Waals surface area (Å²) >= 11 is 0. The van der Waals surface area contributed by atoms with Crippen molar-refractivity contribution in [2.45, 2.75) is 0 Å². The Bertz CT molecular complexity index is 639. The molecule has 1 aromatic heterocycles. The fourth-order valence-electron chi connectivity index (χ4n) is 1.80. The molecule has 0 saturated heterocycles. The predicted molar refractivity (Wildman–Crippen MR) is 73.5 cm³/mol. The van der Waals surface area contributed by atoms with E-state index in [1.54, 1.807) is 35.0 Å². The van der Waals surface area contributed by atoms with Gasteiger partial charge in [-0.15, -0.1) is 0 Å². The van der Waals surface area contributed by atoms with E-state index in [2.05, 4.69) is 0 Å². The van der Waals surface area contributed by atoms with Gasteiger partial charge in [-0.05, 0) is 12.1 Å². The molecule has 2 aromatic rings. The number of amides is 1. The minimum atomic E-state index is -0.517. The van der Waals surface area contributed by atoms with Crippen LogP contribution in [0.5, 0.6) is 0 Å². The van der Waals surface area contributed by atoms with Crippen LogP contribution < -0.4 is 5.73 Å². The molecule has 0 fully saturated rings. The zero-order valence-electron chi connectivity index (χ0n) is 10.5. The number of primary amides is 1. The van der Waals surface area contributed by atoms with E-state index in [-0.39, 0.29) is 5.78 Å². The van der Waals surface area contributed by atoms with Crippen molar-refractivity contribution in [1.29, 1.82) is 0 Å². The number of hydrogen-bond acceptors (Lipinski definition) is 2. The monoisotopic (exact) mass is 254 g/mol. The summed E-state index contributed by atoms with van der Waals surface area (Å²) in [6.07, 6.45) is 4.59. The lowest BCUT2D eigenvalue weighted by molar-refractivity contribution is -0.113. The van der Waals surface area contributed by atoms with E-state index in [0.29, 0.717) is 11.1 Å². The van der Waals surface area contributed by atoms with Crippen LogP contribution in [0.15, 0.2) is 48.7 Å². The van der Waals surface area contributed by atoms with Gasteiger partial charge in [-0.2, -0.15) is 0 Å². The normalized spacial score (nSPS) is 10.8. The lowest BCUT2D eigenvalue weighted by atomic mass is 10.1. The average molecular weight is 254 g/mol. The fraction of sp³-hybridized carbons (Fsp3) is 0.0667. The number of aromatic nitrogens is 1. The van der Waals surface area contributed by atoms with Crippen molar-refractivity contribution in [3.8, 4) is 0 Å². The third-order valence-corrected chi connectivity index (χ3v) is 2.76. The van der Waals surface area contributed by atoms with Gasteiger partial charge in [0.15, 0.2) is 5.78 Å². The summed E-state index contributed by atoms with van der Waals surface area (Å²) in [7, 11) is 1.81. The molecule has 1 aromatic carbocycles. The third-order valence-electron chi connectivity index (χ3n) is 2.76. The van der Waals surface area contributed by atoms with Gasteiger partial charge in [-0.1, -0.05) is 30.3 Å². The van der Waals surface area contributed by atoms with Crippen molar-refractivity contribution in [3.05, 3.63) is 65.5 Å². The first-order chi connectivity index (χ1) is 9.08. The van der Waals surface area contributed by atoms with Crippen molar-refractivity contribution in [2.24, 2.45) is 12.8 Å². The van der Waals surface area contributed by atoms with E-state index in [9.17, 15) is 9.59 Å². The summed E-state index contributed by atoms with van der Waals surface area (Å²) in [5, 5.41) is 0. The average Bonchev–Trinajstić information content (AvgIpc) is 2.78. The van der Waals surface area contributed by atoms with E-state index in [4.69, 9.17) is 5.73 Å². The second-order valence-corrected chi connectivity index (χ2v) is 4.20. The van der Waals surface area contributed by atoms with Crippen molar-refractivity contribution in [2.75, 3.05) is 0 Å². The third kappa shape index (κ3) is 2.98. The molecule has 0 radical (unpaired) electrons. The Morgan fingerprint density at radius 1 is 1.16 bits per heavy atom. The molecular formula is C15H14N2O2. The molecule has 0 unspecified atom stereocenters. The number of aryl methyl sites for hydroxylation is 1. The molecule has 0 aliphatic rings. The van der Waals surface area contributed by atoms with Crippen LogP contribution in [-0.2, 0) is 11.8 Å². The van der Waals surface area contributed by atoms with Gasteiger partial charge in [0, 0.05) is 36.1 Å². The number of nitrogens with two attached hydrogens (primary N) is 1. The molecular weight excluding hydrogens is 240 g/mol. The Labute approximate surface area is 111 Å². The summed E-state index contributed by atoms with van der Waals surface area (Å²) in [5.41, 5.74) is 7.01. The number of carbonyl (C=O) groups excluding carboxylic acids is 2. The zero-order chi connectivity index (χ0) is 13.8. The number of ketones is 1. The summed E-state index contributed by atoms with van der Waals surface area (Å²) in [5.74, 6) is -0.563. The van der Waals surface area contributed by atoms with E-state index >= 15 is 0 Å². The maximum absolute atomic E-state index is 12.2. The Kier molecular flexibility index (Phi) is 3.61. The first-order valence-electron chi connectivity index (χ1n) is 5.81. The summed E-state index contributed by atoms with van der Waals surface area (Å²) < 4.78 is 1.77. The van der Waals surface area contributed by atoms with E-state index in [1.807, 2.05) is 25.2 Å². The number of carbonyl (C=O) groups is 2. The first-order valence-corrected chi connectivity index (χ1v) is 5.81. The minimum Gasteiger partial charge on any atom is -0.366 e. The lowest BCUT2D eigenvalue weighted by Gasteiger charge is -1.96. The Morgan fingerprint density at radius 2 is 1.84 bits per heavy atom. The summed E-state index contributed by atoms with van der Waals surface area (Å²) in [6.45, 7) is 0.